The molecule has 0 N–H and O–H groups in total. The van der Waals surface area contributed by atoms with Gasteiger partial charge in [-0.05, 0) is 66.9 Å². The van der Waals surface area contributed by atoms with E-state index in [9.17, 15) is 4.79 Å². The van der Waals surface area contributed by atoms with Gasteiger partial charge in [-0.25, -0.2) is 0 Å². The minimum absolute atomic E-state index is 0.199. The summed E-state index contributed by atoms with van der Waals surface area (Å²) in [4.78, 5) is 17.1. The van der Waals surface area contributed by atoms with Crippen LogP contribution in [-0.4, -0.2) is 62.9 Å². The lowest BCUT2D eigenvalue weighted by molar-refractivity contribution is -0.131. The average Bonchev–Trinajstić information content (AvgIpc) is 3.48. The number of carbonyl (C=O) groups excluding carboxylic acids is 1. The number of anilines is 1. The first-order valence-electron chi connectivity index (χ1n) is 14.3. The lowest BCUT2D eigenvalue weighted by Crippen LogP contribution is -2.48. The molecule has 2 aliphatic rings. The molecule has 2 atom stereocenters. The Hall–Kier alpha value is -3.23. The van der Waals surface area contributed by atoms with E-state index in [1.807, 2.05) is 35.2 Å². The molecule has 2 aliphatic heterocycles. The van der Waals surface area contributed by atoms with Crippen molar-refractivity contribution >= 4 is 34.8 Å². The van der Waals surface area contributed by atoms with Crippen LogP contribution in [0.5, 0.6) is 11.5 Å². The van der Waals surface area contributed by atoms with Gasteiger partial charge in [0.15, 0.2) is 6.29 Å². The molecule has 2 heterocycles. The summed E-state index contributed by atoms with van der Waals surface area (Å²) in [5.74, 6) is 1.82. The van der Waals surface area contributed by atoms with E-state index in [2.05, 4.69) is 35.7 Å². The molecular formula is C33H36Cl2N2O5. The number of hydrogen-bond donors (Lipinski definition) is 0. The molecule has 0 aromatic heterocycles. The van der Waals surface area contributed by atoms with Crippen LogP contribution in [0.1, 0.15) is 30.3 Å². The first-order chi connectivity index (χ1) is 20.5. The molecule has 0 aliphatic carbocycles. The predicted octanol–water partition coefficient (Wildman–Crippen LogP) is 6.72. The predicted molar refractivity (Wildman–Crippen MR) is 166 cm³/mol. The van der Waals surface area contributed by atoms with Crippen molar-refractivity contribution in [3.05, 3.63) is 101 Å². The molecule has 222 valence electrons. The number of benzene rings is 3. The highest BCUT2D eigenvalue weighted by Gasteiger charge is 2.29. The second kappa shape index (κ2) is 14.8. The number of amides is 1. The van der Waals surface area contributed by atoms with Gasteiger partial charge in [-0.3, -0.25) is 4.79 Å². The van der Waals surface area contributed by atoms with Crippen LogP contribution in [0, 0.1) is 0 Å². The third kappa shape index (κ3) is 8.19. The highest BCUT2D eigenvalue weighted by molar-refractivity contribution is 6.35. The zero-order valence-electron chi connectivity index (χ0n) is 23.6. The van der Waals surface area contributed by atoms with Crippen molar-refractivity contribution in [1.82, 2.24) is 4.90 Å². The van der Waals surface area contributed by atoms with E-state index in [1.54, 1.807) is 18.2 Å². The zero-order valence-corrected chi connectivity index (χ0v) is 25.1. The highest BCUT2D eigenvalue weighted by atomic mass is 35.5. The molecule has 0 saturated carbocycles. The van der Waals surface area contributed by atoms with Crippen LogP contribution < -0.4 is 14.4 Å². The van der Waals surface area contributed by atoms with E-state index in [4.69, 9.17) is 42.1 Å². The van der Waals surface area contributed by atoms with Gasteiger partial charge >= 0.3 is 0 Å². The van der Waals surface area contributed by atoms with Crippen molar-refractivity contribution in [3.63, 3.8) is 0 Å². The fourth-order valence-electron chi connectivity index (χ4n) is 5.06. The summed E-state index contributed by atoms with van der Waals surface area (Å²) in [5.41, 5.74) is 3.08. The summed E-state index contributed by atoms with van der Waals surface area (Å²) in [6, 6.07) is 21.4. The number of ether oxygens (including phenoxy) is 4. The lowest BCUT2D eigenvalue weighted by Gasteiger charge is -2.36. The fraction of sp³-hybridized carbons (Fsp3) is 0.364. The minimum Gasteiger partial charge on any atom is -0.491 e. The van der Waals surface area contributed by atoms with Crippen molar-refractivity contribution in [1.29, 1.82) is 0 Å². The van der Waals surface area contributed by atoms with Crippen LogP contribution >= 0.6 is 23.2 Å². The van der Waals surface area contributed by atoms with Crippen molar-refractivity contribution in [3.8, 4) is 11.5 Å². The van der Waals surface area contributed by atoms with Gasteiger partial charge in [0, 0.05) is 48.9 Å². The largest absolute Gasteiger partial charge is 0.491 e. The lowest BCUT2D eigenvalue weighted by atomic mass is 10.1. The maximum Gasteiger partial charge on any atom is 0.222 e. The summed E-state index contributed by atoms with van der Waals surface area (Å²) < 4.78 is 23.2. The van der Waals surface area contributed by atoms with E-state index >= 15 is 0 Å². The minimum atomic E-state index is -0.531. The number of nitrogens with zero attached hydrogens (tertiary/aromatic N) is 2. The van der Waals surface area contributed by atoms with Gasteiger partial charge in [0.05, 0.1) is 11.6 Å². The molecule has 0 spiro atoms. The molecule has 9 heteroatoms. The number of piperazine rings is 1. The van der Waals surface area contributed by atoms with Gasteiger partial charge in [-0.2, -0.15) is 0 Å². The molecular weight excluding hydrogens is 575 g/mol. The molecule has 2 fully saturated rings. The molecule has 7 nitrogen and oxygen atoms in total. The van der Waals surface area contributed by atoms with Crippen LogP contribution in [0.2, 0.25) is 10.0 Å². The van der Waals surface area contributed by atoms with Gasteiger partial charge < -0.3 is 28.7 Å². The molecule has 42 heavy (non-hydrogen) atoms. The topological polar surface area (TPSA) is 60.5 Å². The zero-order chi connectivity index (χ0) is 29.3. The van der Waals surface area contributed by atoms with Crippen molar-refractivity contribution in [2.75, 3.05) is 50.9 Å². The van der Waals surface area contributed by atoms with Crippen molar-refractivity contribution in [2.45, 2.75) is 31.7 Å². The van der Waals surface area contributed by atoms with E-state index in [-0.39, 0.29) is 12.0 Å². The molecule has 3 aromatic rings. The van der Waals surface area contributed by atoms with Gasteiger partial charge in [0.25, 0.3) is 0 Å². The van der Waals surface area contributed by atoms with E-state index < -0.39 is 6.29 Å². The summed E-state index contributed by atoms with van der Waals surface area (Å²) in [7, 11) is 0. The van der Waals surface area contributed by atoms with Crippen molar-refractivity contribution in [2.24, 2.45) is 0 Å². The Morgan fingerprint density at radius 2 is 1.67 bits per heavy atom. The van der Waals surface area contributed by atoms with E-state index in [1.165, 1.54) is 5.56 Å². The van der Waals surface area contributed by atoms with Crippen molar-refractivity contribution < 1.29 is 23.7 Å². The molecule has 0 bridgehead atoms. The molecule has 1 amide bonds. The Kier molecular flexibility index (Phi) is 10.6. The van der Waals surface area contributed by atoms with E-state index in [0.29, 0.717) is 36.3 Å². The van der Waals surface area contributed by atoms with Crippen LogP contribution in [0.15, 0.2) is 79.4 Å². The summed E-state index contributed by atoms with van der Waals surface area (Å²) >= 11 is 12.3. The van der Waals surface area contributed by atoms with Crippen LogP contribution in [-0.2, 0) is 20.7 Å². The van der Waals surface area contributed by atoms with Crippen LogP contribution in [0.25, 0.3) is 0 Å². The van der Waals surface area contributed by atoms with E-state index in [0.717, 1.165) is 61.8 Å². The van der Waals surface area contributed by atoms with Gasteiger partial charge in [-0.1, -0.05) is 54.1 Å². The van der Waals surface area contributed by atoms with Gasteiger partial charge in [0.1, 0.15) is 30.8 Å². The second-order valence-electron chi connectivity index (χ2n) is 10.4. The Morgan fingerprint density at radius 3 is 2.38 bits per heavy atom. The first-order valence-corrected chi connectivity index (χ1v) is 15.0. The van der Waals surface area contributed by atoms with Crippen LogP contribution in [0.3, 0.4) is 0 Å². The summed E-state index contributed by atoms with van der Waals surface area (Å²) in [5, 5.41) is 1.09. The second-order valence-corrected chi connectivity index (χ2v) is 11.2. The Balaban J connectivity index is 1.000. The number of rotatable bonds is 12. The third-order valence-corrected chi connectivity index (χ3v) is 7.95. The fourth-order valence-corrected chi connectivity index (χ4v) is 5.55. The first kappa shape index (κ1) is 30.2. The number of hydrogen-bond acceptors (Lipinski definition) is 6. The number of carbonyl (C=O) groups is 1. The standard InChI is InChI=1S/C33H36Cl2N2O5/c1-2-20-39-27-11-6-24(7-12-27)4-3-5-32(38)37-18-16-36(17-19-37)26-9-13-28(14-10-26)40-22-29-23-41-33(42-29)30-15-8-25(34)21-31(30)35/h2,6-15,21,29,33H,1,3-5,16-20,22-23H2. The molecule has 5 rings (SSSR count). The maximum absolute atomic E-state index is 12.8. The summed E-state index contributed by atoms with van der Waals surface area (Å²) in [6.07, 6.45) is 3.27. The number of halogens is 2. The molecule has 0 radical (unpaired) electrons. The quantitative estimate of drug-likeness (QED) is 0.212. The smallest absolute Gasteiger partial charge is 0.222 e. The monoisotopic (exact) mass is 610 g/mol. The number of aryl methyl sites for hydroxylation is 1. The molecule has 2 unspecified atom stereocenters. The normalized spacial score (nSPS) is 18.6. The van der Waals surface area contributed by atoms with Gasteiger partial charge in [0.2, 0.25) is 5.91 Å². The Bertz CT molecular complexity index is 1330. The average molecular weight is 612 g/mol. The van der Waals surface area contributed by atoms with Crippen LogP contribution in [0.4, 0.5) is 5.69 Å². The summed E-state index contributed by atoms with van der Waals surface area (Å²) in [6.45, 7) is 8.01. The SMILES string of the molecule is C=CCOc1ccc(CCCC(=O)N2CCN(c3ccc(OCC4COC(c5ccc(Cl)cc5Cl)O4)cc3)CC2)cc1. The Morgan fingerprint density at radius 1 is 0.952 bits per heavy atom. The maximum atomic E-state index is 12.8. The molecule has 2 saturated heterocycles. The highest BCUT2D eigenvalue weighted by Crippen LogP contribution is 2.33. The molecule has 3 aromatic carbocycles. The Labute approximate surface area is 257 Å². The third-order valence-electron chi connectivity index (χ3n) is 7.38. The van der Waals surface area contributed by atoms with Gasteiger partial charge in [-0.15, -0.1) is 0 Å².